The number of anilines is 1. The van der Waals surface area contributed by atoms with Crippen LogP contribution in [0.25, 0.3) is 11.2 Å². The molecule has 1 aliphatic rings. The SMILES string of the molecule is Nc1ncnc2c1ncn2[C@@H]1O[C@H](COP(=O)(O)OP(=O)(O)OP(=O)(O)O)C(O)C1O.[MgH2].[MgH2]. The van der Waals surface area contributed by atoms with E-state index in [1.54, 1.807) is 0 Å². The van der Waals surface area contributed by atoms with Crippen LogP contribution in [0.1, 0.15) is 6.23 Å². The summed E-state index contributed by atoms with van der Waals surface area (Å²) in [6, 6.07) is 0. The number of rotatable bonds is 8. The molecule has 33 heavy (non-hydrogen) atoms. The Balaban J connectivity index is 0.00000272. The lowest BCUT2D eigenvalue weighted by atomic mass is 10.1. The van der Waals surface area contributed by atoms with Gasteiger partial charge in [-0.2, -0.15) is 8.62 Å². The molecule has 0 aromatic carbocycles. The Bertz CT molecular complexity index is 1120. The molecule has 0 aliphatic carbocycles. The highest BCUT2D eigenvalue weighted by atomic mass is 31.3. The summed E-state index contributed by atoms with van der Waals surface area (Å²) >= 11 is 0. The van der Waals surface area contributed by atoms with Crippen molar-refractivity contribution in [2.24, 2.45) is 0 Å². The zero-order valence-electron chi connectivity index (χ0n) is 14.9. The van der Waals surface area contributed by atoms with Gasteiger partial charge in [-0.05, 0) is 0 Å². The van der Waals surface area contributed by atoms with Crippen molar-refractivity contribution in [1.82, 2.24) is 19.5 Å². The summed E-state index contributed by atoms with van der Waals surface area (Å²) in [5, 5.41) is 20.4. The Labute approximate surface area is 216 Å². The number of nitrogens with two attached hydrogens (primary N) is 1. The van der Waals surface area contributed by atoms with Gasteiger partial charge in [-0.15, -0.1) is 0 Å². The molecule has 2 aromatic heterocycles. The minimum atomic E-state index is -5.70. The third-order valence-corrected chi connectivity index (χ3v) is 7.62. The minimum Gasteiger partial charge on any atom is -0.387 e. The van der Waals surface area contributed by atoms with Crippen molar-refractivity contribution in [1.29, 1.82) is 0 Å². The topological polar surface area (TPSA) is 279 Å². The number of aliphatic hydroxyl groups is 2. The monoisotopic (exact) mass is 559 g/mol. The number of nitrogens with zero attached hydrogens (tertiary/aromatic N) is 4. The van der Waals surface area contributed by atoms with Crippen molar-refractivity contribution in [3.8, 4) is 0 Å². The summed E-state index contributed by atoms with van der Waals surface area (Å²) in [7, 11) is -16.7. The molecule has 1 saturated heterocycles. The highest BCUT2D eigenvalue weighted by molar-refractivity contribution is 7.66. The fourth-order valence-electron chi connectivity index (χ4n) is 2.62. The van der Waals surface area contributed by atoms with E-state index in [1.807, 2.05) is 0 Å². The number of imidazole rings is 1. The Morgan fingerprint density at radius 3 is 2.24 bits per heavy atom. The van der Waals surface area contributed by atoms with Gasteiger partial charge < -0.3 is 40.3 Å². The highest BCUT2D eigenvalue weighted by Gasteiger charge is 2.47. The van der Waals surface area contributed by atoms with Gasteiger partial charge in [0.25, 0.3) is 0 Å². The summed E-state index contributed by atoms with van der Waals surface area (Å²) in [4.78, 5) is 47.2. The van der Waals surface area contributed by atoms with Crippen molar-refractivity contribution in [3.63, 3.8) is 0 Å². The van der Waals surface area contributed by atoms with E-state index in [9.17, 15) is 28.8 Å². The number of fused-ring (bicyclic) bond motifs is 1. The summed E-state index contributed by atoms with van der Waals surface area (Å²) in [5.41, 5.74) is 6.00. The van der Waals surface area contributed by atoms with E-state index in [4.69, 9.17) is 25.2 Å². The second kappa shape index (κ2) is 11.5. The van der Waals surface area contributed by atoms with E-state index < -0.39 is 54.6 Å². The van der Waals surface area contributed by atoms with Crippen LogP contribution in [0.15, 0.2) is 12.7 Å². The predicted molar refractivity (Wildman–Crippen MR) is 113 cm³/mol. The van der Waals surface area contributed by atoms with Crippen LogP contribution in [0.5, 0.6) is 0 Å². The molecule has 0 saturated carbocycles. The maximum atomic E-state index is 11.8. The van der Waals surface area contributed by atoms with E-state index in [1.165, 1.54) is 10.9 Å². The fraction of sp³-hybridized carbons (Fsp3) is 0.500. The second-order valence-corrected chi connectivity index (χ2v) is 10.4. The Morgan fingerprint density at radius 1 is 1.00 bits per heavy atom. The van der Waals surface area contributed by atoms with Crippen LogP contribution >= 0.6 is 23.5 Å². The van der Waals surface area contributed by atoms with Crippen LogP contribution < -0.4 is 5.73 Å². The number of aliphatic hydroxyl groups excluding tert-OH is 2. The second-order valence-electron chi connectivity index (χ2n) is 6.02. The first-order chi connectivity index (χ1) is 14.2. The van der Waals surface area contributed by atoms with Crippen LogP contribution in [-0.4, -0.2) is 120 Å². The number of aromatic nitrogens is 4. The number of ether oxygens (including phenoxy) is 1. The maximum absolute atomic E-state index is 11.8. The van der Waals surface area contributed by atoms with Crippen molar-refractivity contribution in [2.75, 3.05) is 12.3 Å². The molecule has 6 atom stereocenters. The molecule has 8 N–H and O–H groups in total. The molecule has 0 spiro atoms. The normalized spacial score (nSPS) is 26.7. The van der Waals surface area contributed by atoms with E-state index in [0.29, 0.717) is 0 Å². The first kappa shape index (κ1) is 31.2. The van der Waals surface area contributed by atoms with E-state index in [-0.39, 0.29) is 63.1 Å². The van der Waals surface area contributed by atoms with Crippen LogP contribution in [0, 0.1) is 0 Å². The largest absolute Gasteiger partial charge is 0.490 e. The third kappa shape index (κ3) is 7.83. The molecule has 1 fully saturated rings. The molecular formula is C10H20Mg2N5O13P3. The van der Waals surface area contributed by atoms with Crippen LogP contribution in [0.2, 0.25) is 0 Å². The van der Waals surface area contributed by atoms with Crippen LogP contribution in [-0.2, 0) is 31.6 Å². The van der Waals surface area contributed by atoms with Crippen molar-refractivity contribution < 1.29 is 61.4 Å². The van der Waals surface area contributed by atoms with Gasteiger partial charge in [-0.3, -0.25) is 9.09 Å². The molecule has 0 radical (unpaired) electrons. The van der Waals surface area contributed by atoms with Crippen LogP contribution in [0.4, 0.5) is 5.82 Å². The lowest BCUT2D eigenvalue weighted by molar-refractivity contribution is -0.0503. The van der Waals surface area contributed by atoms with Gasteiger partial charge in [0.2, 0.25) is 0 Å². The molecule has 4 unspecified atom stereocenters. The molecule has 182 valence electrons. The van der Waals surface area contributed by atoms with Gasteiger partial charge in [0, 0.05) is 0 Å². The lowest BCUT2D eigenvalue weighted by Crippen LogP contribution is -2.33. The molecular weight excluding hydrogens is 540 g/mol. The lowest BCUT2D eigenvalue weighted by Gasteiger charge is -2.19. The molecule has 1 aliphatic heterocycles. The van der Waals surface area contributed by atoms with Gasteiger partial charge in [0.15, 0.2) is 17.7 Å². The average Bonchev–Trinajstić information content (AvgIpc) is 3.13. The molecule has 18 nitrogen and oxygen atoms in total. The van der Waals surface area contributed by atoms with Crippen LogP contribution in [0.3, 0.4) is 0 Å². The minimum absolute atomic E-state index is 0. The number of phosphoric acid groups is 3. The van der Waals surface area contributed by atoms with Crippen molar-refractivity contribution >= 4 is 86.6 Å². The summed E-state index contributed by atoms with van der Waals surface area (Å²) < 4.78 is 51.9. The predicted octanol–water partition coefficient (Wildman–Crippen LogP) is -3.46. The smallest absolute Gasteiger partial charge is 0.387 e. The molecule has 2 aromatic rings. The van der Waals surface area contributed by atoms with E-state index >= 15 is 0 Å². The summed E-state index contributed by atoms with van der Waals surface area (Å²) in [5.74, 6) is 0.0426. The van der Waals surface area contributed by atoms with Gasteiger partial charge in [0.1, 0.15) is 30.2 Å². The van der Waals surface area contributed by atoms with Crippen molar-refractivity contribution in [2.45, 2.75) is 24.5 Å². The number of nitrogen functional groups attached to an aromatic ring is 1. The Morgan fingerprint density at radius 2 is 1.64 bits per heavy atom. The summed E-state index contributed by atoms with van der Waals surface area (Å²) in [6.07, 6.45) is -3.69. The van der Waals surface area contributed by atoms with E-state index in [0.717, 1.165) is 6.33 Å². The zero-order valence-corrected chi connectivity index (χ0v) is 17.6. The van der Waals surface area contributed by atoms with Gasteiger partial charge in [-0.1, -0.05) is 0 Å². The number of hydrogen-bond donors (Lipinski definition) is 7. The quantitative estimate of drug-likeness (QED) is 0.122. The molecule has 0 bridgehead atoms. The number of hydrogen-bond acceptors (Lipinski definition) is 13. The van der Waals surface area contributed by atoms with Gasteiger partial charge in [0.05, 0.1) is 12.9 Å². The van der Waals surface area contributed by atoms with Gasteiger partial charge >= 0.3 is 69.6 Å². The molecule has 3 rings (SSSR count). The fourth-order valence-corrected chi connectivity index (χ4v) is 5.65. The number of phosphoric ester groups is 1. The Hall–Kier alpha value is 0.172. The third-order valence-electron chi connectivity index (χ3n) is 3.82. The maximum Gasteiger partial charge on any atom is 0.490 e. The molecule has 23 heteroatoms. The highest BCUT2D eigenvalue weighted by Crippen LogP contribution is 2.66. The first-order valence-corrected chi connectivity index (χ1v) is 12.4. The van der Waals surface area contributed by atoms with Gasteiger partial charge in [-0.25, -0.2) is 28.6 Å². The first-order valence-electron chi connectivity index (χ1n) is 7.92. The molecule has 3 heterocycles. The average molecular weight is 560 g/mol. The van der Waals surface area contributed by atoms with E-state index in [2.05, 4.69) is 28.1 Å². The standard InChI is InChI=1S/C10H16N5O13P3.2Mg.4H/c11-8-5-9(13-2-12-8)15(3-14-5)10-7(17)6(16)4(26-10)1-25-30(21,22)28-31(23,24)27-29(18,19)20;;;;;;/h2-4,6-7,10,16-17H,1H2,(H,21,22)(H,23,24)(H2,11,12,13)(H2,18,19,20);;;;;;/t4-,6?,7?,10-;;;;;;/m1....../s1. The van der Waals surface area contributed by atoms with Crippen molar-refractivity contribution in [3.05, 3.63) is 12.7 Å². The zero-order chi connectivity index (χ0) is 23.2. The summed E-state index contributed by atoms with van der Waals surface area (Å²) in [6.45, 7) is -0.956. The Kier molecular flexibility index (Phi) is 10.9. The molecule has 0 amide bonds.